The molecule has 1 aliphatic heterocycles. The second kappa shape index (κ2) is 8.69. The van der Waals surface area contributed by atoms with Crippen molar-refractivity contribution in [3.8, 4) is 5.75 Å². The lowest BCUT2D eigenvalue weighted by molar-refractivity contribution is -0.118. The summed E-state index contributed by atoms with van der Waals surface area (Å²) in [5.74, 6) is 0.967. The maximum absolute atomic E-state index is 12.7. The fraction of sp³-hybridized carbons (Fsp3) is 0.400. The van der Waals surface area contributed by atoms with Crippen LogP contribution < -0.4 is 15.0 Å². The number of rotatable bonds is 6. The van der Waals surface area contributed by atoms with Crippen LogP contribution in [-0.4, -0.2) is 59.5 Å². The van der Waals surface area contributed by atoms with Gasteiger partial charge < -0.3 is 19.9 Å². The predicted molar refractivity (Wildman–Crippen MR) is 107 cm³/mol. The molecule has 1 N–H and O–H groups in total. The number of nitrogens with zero attached hydrogens (tertiary/aromatic N) is 4. The third-order valence-corrected chi connectivity index (χ3v) is 4.31. The van der Waals surface area contributed by atoms with Gasteiger partial charge in [-0.15, -0.1) is 0 Å². The lowest BCUT2D eigenvalue weighted by Crippen LogP contribution is -2.46. The number of aryl methyl sites for hydroxylation is 1. The fourth-order valence-corrected chi connectivity index (χ4v) is 2.92. The zero-order chi connectivity index (χ0) is 20.1. The summed E-state index contributed by atoms with van der Waals surface area (Å²) < 4.78 is 5.61. The van der Waals surface area contributed by atoms with Crippen molar-refractivity contribution in [1.82, 2.24) is 14.9 Å². The first kappa shape index (κ1) is 19.6. The zero-order valence-corrected chi connectivity index (χ0v) is 16.4. The molecule has 0 unspecified atom stereocenters. The highest BCUT2D eigenvalue weighted by atomic mass is 16.5. The summed E-state index contributed by atoms with van der Waals surface area (Å²) in [7, 11) is 0. The van der Waals surface area contributed by atoms with Crippen LogP contribution in [0.25, 0.3) is 0 Å². The van der Waals surface area contributed by atoms with Crippen molar-refractivity contribution in [3.05, 3.63) is 41.7 Å². The van der Waals surface area contributed by atoms with Crippen molar-refractivity contribution in [2.75, 3.05) is 36.4 Å². The van der Waals surface area contributed by atoms with Crippen LogP contribution in [0.3, 0.4) is 0 Å². The first-order valence-electron chi connectivity index (χ1n) is 9.32. The minimum Gasteiger partial charge on any atom is -0.491 e. The number of ether oxygens (including phenoxy) is 1. The van der Waals surface area contributed by atoms with Gasteiger partial charge in [0.25, 0.3) is 5.91 Å². The number of benzene rings is 1. The third-order valence-electron chi connectivity index (χ3n) is 4.31. The predicted octanol–water partition coefficient (Wildman–Crippen LogP) is 2.10. The van der Waals surface area contributed by atoms with Crippen LogP contribution in [0.4, 0.5) is 11.6 Å². The Kier molecular flexibility index (Phi) is 6.08. The topological polar surface area (TPSA) is 87.7 Å². The Labute approximate surface area is 164 Å². The molecule has 0 atom stereocenters. The van der Waals surface area contributed by atoms with E-state index in [2.05, 4.69) is 15.3 Å². The Bertz CT molecular complexity index is 830. The van der Waals surface area contributed by atoms with Gasteiger partial charge in [0.2, 0.25) is 12.4 Å². The van der Waals surface area contributed by atoms with Crippen LogP contribution >= 0.6 is 0 Å². The van der Waals surface area contributed by atoms with Gasteiger partial charge in [0.05, 0.1) is 6.10 Å². The first-order chi connectivity index (χ1) is 13.4. The third kappa shape index (κ3) is 4.97. The Morgan fingerprint density at radius 3 is 2.43 bits per heavy atom. The molecular weight excluding hydrogens is 358 g/mol. The van der Waals surface area contributed by atoms with Crippen LogP contribution in [0.15, 0.2) is 30.3 Å². The minimum atomic E-state index is -0.296. The van der Waals surface area contributed by atoms with Crippen LogP contribution in [0.5, 0.6) is 5.75 Å². The second-order valence-electron chi connectivity index (χ2n) is 6.97. The van der Waals surface area contributed by atoms with E-state index in [4.69, 9.17) is 4.74 Å². The molecule has 1 saturated heterocycles. The largest absolute Gasteiger partial charge is 0.491 e. The summed E-state index contributed by atoms with van der Waals surface area (Å²) in [4.78, 5) is 36.1. The average Bonchev–Trinajstić information content (AvgIpc) is 2.68. The molecule has 1 aliphatic rings. The van der Waals surface area contributed by atoms with Crippen molar-refractivity contribution in [2.45, 2.75) is 26.9 Å². The molecule has 0 spiro atoms. The van der Waals surface area contributed by atoms with E-state index in [1.807, 2.05) is 37.8 Å². The summed E-state index contributed by atoms with van der Waals surface area (Å²) in [6, 6.07) is 8.89. The molecule has 0 saturated carbocycles. The molecule has 0 bridgehead atoms. The molecular formula is C20H25N5O3. The van der Waals surface area contributed by atoms with Gasteiger partial charge in [-0.25, -0.2) is 9.97 Å². The number of piperazine rings is 1. The lowest BCUT2D eigenvalue weighted by Gasteiger charge is -2.32. The van der Waals surface area contributed by atoms with Gasteiger partial charge in [-0.1, -0.05) is 0 Å². The van der Waals surface area contributed by atoms with Crippen LogP contribution in [0.2, 0.25) is 0 Å². The van der Waals surface area contributed by atoms with Gasteiger partial charge in [0.15, 0.2) is 0 Å². The van der Waals surface area contributed by atoms with E-state index in [-0.39, 0.29) is 12.0 Å². The second-order valence-corrected chi connectivity index (χ2v) is 6.97. The SMILES string of the molecule is Cc1cc(C(=O)Nc2ccc(OC(C)C)cc2)nc(N2CCN(C=O)CC2)n1. The summed E-state index contributed by atoms with van der Waals surface area (Å²) >= 11 is 0. The number of carbonyl (C=O) groups excluding carboxylic acids is 2. The van der Waals surface area contributed by atoms with Gasteiger partial charge in [0.1, 0.15) is 11.4 Å². The van der Waals surface area contributed by atoms with E-state index in [9.17, 15) is 9.59 Å². The Morgan fingerprint density at radius 1 is 1.14 bits per heavy atom. The smallest absolute Gasteiger partial charge is 0.274 e. The fourth-order valence-electron chi connectivity index (χ4n) is 2.92. The van der Waals surface area contributed by atoms with Crippen molar-refractivity contribution in [2.24, 2.45) is 0 Å². The maximum Gasteiger partial charge on any atom is 0.274 e. The molecule has 8 nitrogen and oxygen atoms in total. The molecule has 1 aromatic carbocycles. The molecule has 2 heterocycles. The van der Waals surface area contributed by atoms with E-state index in [0.29, 0.717) is 49.2 Å². The van der Waals surface area contributed by atoms with Crippen molar-refractivity contribution >= 4 is 24.0 Å². The number of amides is 2. The van der Waals surface area contributed by atoms with E-state index < -0.39 is 0 Å². The van der Waals surface area contributed by atoms with Gasteiger partial charge in [-0.2, -0.15) is 0 Å². The molecule has 0 aliphatic carbocycles. The highest BCUT2D eigenvalue weighted by molar-refractivity contribution is 6.03. The maximum atomic E-state index is 12.7. The van der Waals surface area contributed by atoms with Crippen LogP contribution in [0.1, 0.15) is 30.0 Å². The number of hydrogen-bond donors (Lipinski definition) is 1. The molecule has 0 radical (unpaired) electrons. The number of aromatic nitrogens is 2. The van der Waals surface area contributed by atoms with Crippen molar-refractivity contribution in [1.29, 1.82) is 0 Å². The summed E-state index contributed by atoms with van der Waals surface area (Å²) in [5, 5.41) is 2.85. The minimum absolute atomic E-state index is 0.0938. The van der Waals surface area contributed by atoms with E-state index in [0.717, 1.165) is 12.2 Å². The molecule has 148 valence electrons. The van der Waals surface area contributed by atoms with Gasteiger partial charge >= 0.3 is 0 Å². The number of nitrogens with one attached hydrogen (secondary N) is 1. The van der Waals surface area contributed by atoms with E-state index >= 15 is 0 Å². The number of anilines is 2. The molecule has 2 aromatic rings. The Morgan fingerprint density at radius 2 is 1.82 bits per heavy atom. The first-order valence-corrected chi connectivity index (χ1v) is 9.32. The van der Waals surface area contributed by atoms with Crippen LogP contribution in [-0.2, 0) is 4.79 Å². The van der Waals surface area contributed by atoms with Crippen LogP contribution in [0, 0.1) is 6.92 Å². The molecule has 28 heavy (non-hydrogen) atoms. The Hall–Kier alpha value is -3.16. The van der Waals surface area contributed by atoms with E-state index in [1.54, 1.807) is 23.1 Å². The van der Waals surface area contributed by atoms with Gasteiger partial charge in [0, 0.05) is 37.6 Å². The molecule has 1 fully saturated rings. The highest BCUT2D eigenvalue weighted by Gasteiger charge is 2.20. The van der Waals surface area contributed by atoms with Crippen molar-refractivity contribution < 1.29 is 14.3 Å². The quantitative estimate of drug-likeness (QED) is 0.769. The lowest BCUT2D eigenvalue weighted by atomic mass is 10.2. The average molecular weight is 383 g/mol. The van der Waals surface area contributed by atoms with Gasteiger partial charge in [-0.3, -0.25) is 9.59 Å². The zero-order valence-electron chi connectivity index (χ0n) is 16.4. The van der Waals surface area contributed by atoms with Gasteiger partial charge in [-0.05, 0) is 51.1 Å². The molecule has 2 amide bonds. The number of hydrogen-bond acceptors (Lipinski definition) is 6. The van der Waals surface area contributed by atoms with E-state index in [1.165, 1.54) is 0 Å². The summed E-state index contributed by atoms with van der Waals surface area (Å²) in [6.45, 7) is 8.27. The summed E-state index contributed by atoms with van der Waals surface area (Å²) in [5.41, 5.74) is 1.69. The monoisotopic (exact) mass is 383 g/mol. The molecule has 3 rings (SSSR count). The molecule has 1 aromatic heterocycles. The van der Waals surface area contributed by atoms with Crippen molar-refractivity contribution in [3.63, 3.8) is 0 Å². The standard InChI is InChI=1S/C20H25N5O3/c1-14(2)28-17-6-4-16(5-7-17)22-19(27)18-12-15(3)21-20(23-18)25-10-8-24(13-26)9-11-25/h4-7,12-14H,8-11H2,1-3H3,(H,22,27). The highest BCUT2D eigenvalue weighted by Crippen LogP contribution is 2.18. The number of carbonyl (C=O) groups is 2. The Balaban J connectivity index is 1.70. The normalized spacial score (nSPS) is 14.1. The molecule has 8 heteroatoms. The summed E-state index contributed by atoms with van der Waals surface area (Å²) in [6.07, 6.45) is 0.946.